The summed E-state index contributed by atoms with van der Waals surface area (Å²) in [6, 6.07) is 9.41. The van der Waals surface area contributed by atoms with Gasteiger partial charge in [-0.15, -0.1) is 11.3 Å². The molecule has 20 heavy (non-hydrogen) atoms. The minimum atomic E-state index is -0.241. The van der Waals surface area contributed by atoms with Gasteiger partial charge < -0.3 is 14.2 Å². The maximum Gasteiger partial charge on any atom is 0.310 e. The highest BCUT2D eigenvalue weighted by molar-refractivity contribution is 7.09. The van der Waals surface area contributed by atoms with E-state index in [0.29, 0.717) is 25.6 Å². The van der Waals surface area contributed by atoms with Gasteiger partial charge in [-0.25, -0.2) is 0 Å². The van der Waals surface area contributed by atoms with Crippen LogP contribution in [0.15, 0.2) is 35.7 Å². The molecule has 0 amide bonds. The second kappa shape index (κ2) is 5.96. The number of hydrogen-bond acceptors (Lipinski definition) is 5. The molecule has 0 fully saturated rings. The van der Waals surface area contributed by atoms with Crippen molar-refractivity contribution in [2.24, 2.45) is 0 Å². The van der Waals surface area contributed by atoms with Gasteiger partial charge in [0.15, 0.2) is 11.5 Å². The topological polar surface area (TPSA) is 44.8 Å². The van der Waals surface area contributed by atoms with E-state index < -0.39 is 0 Å². The molecular weight excluding hydrogens is 276 g/mol. The van der Waals surface area contributed by atoms with Gasteiger partial charge in [-0.1, -0.05) is 12.1 Å². The first-order valence-electron chi connectivity index (χ1n) is 6.38. The molecule has 1 aliphatic heterocycles. The summed E-state index contributed by atoms with van der Waals surface area (Å²) in [6.07, 6.45) is 0.238. The van der Waals surface area contributed by atoms with Crippen molar-refractivity contribution in [2.45, 2.75) is 13.0 Å². The van der Waals surface area contributed by atoms with Crippen LogP contribution in [0.25, 0.3) is 0 Å². The third kappa shape index (κ3) is 3.11. The van der Waals surface area contributed by atoms with Crippen LogP contribution in [-0.2, 0) is 22.6 Å². The standard InChI is InChI=1S/C15H14O4S/c16-15(19-10-12-2-1-7-20-12)9-11-3-4-13-14(8-11)18-6-5-17-13/h1-4,7-8H,5-6,9-10H2. The third-order valence-corrected chi connectivity index (χ3v) is 3.76. The molecule has 0 aliphatic carbocycles. The monoisotopic (exact) mass is 290 g/mol. The van der Waals surface area contributed by atoms with Crippen LogP contribution in [0.1, 0.15) is 10.4 Å². The quantitative estimate of drug-likeness (QED) is 0.812. The van der Waals surface area contributed by atoms with Crippen molar-refractivity contribution in [2.75, 3.05) is 13.2 Å². The highest BCUT2D eigenvalue weighted by Gasteiger charge is 2.13. The predicted octanol–water partition coefficient (Wildman–Crippen LogP) is 2.81. The van der Waals surface area contributed by atoms with E-state index in [4.69, 9.17) is 14.2 Å². The first kappa shape index (κ1) is 13.0. The second-order valence-corrected chi connectivity index (χ2v) is 5.43. The minimum Gasteiger partial charge on any atom is -0.486 e. The molecule has 1 aliphatic rings. The van der Waals surface area contributed by atoms with Gasteiger partial charge in [0.25, 0.3) is 0 Å². The lowest BCUT2D eigenvalue weighted by molar-refractivity contribution is -0.144. The van der Waals surface area contributed by atoms with Crippen LogP contribution in [0.3, 0.4) is 0 Å². The van der Waals surface area contributed by atoms with Crippen LogP contribution in [0.4, 0.5) is 0 Å². The van der Waals surface area contributed by atoms with E-state index in [1.807, 2.05) is 35.7 Å². The Hall–Kier alpha value is -2.01. The van der Waals surface area contributed by atoms with Crippen LogP contribution in [0.5, 0.6) is 11.5 Å². The van der Waals surface area contributed by atoms with Gasteiger partial charge in [0.05, 0.1) is 6.42 Å². The molecule has 0 bridgehead atoms. The van der Waals surface area contributed by atoms with Gasteiger partial charge in [0.1, 0.15) is 19.8 Å². The molecule has 4 nitrogen and oxygen atoms in total. The molecule has 3 rings (SSSR count). The Balaban J connectivity index is 1.58. The van der Waals surface area contributed by atoms with Crippen LogP contribution in [-0.4, -0.2) is 19.2 Å². The summed E-state index contributed by atoms with van der Waals surface area (Å²) in [6.45, 7) is 1.44. The molecule has 0 unspecified atom stereocenters. The maximum atomic E-state index is 11.8. The minimum absolute atomic E-state index is 0.238. The summed E-state index contributed by atoms with van der Waals surface area (Å²) in [5.74, 6) is 1.18. The second-order valence-electron chi connectivity index (χ2n) is 4.39. The van der Waals surface area contributed by atoms with Gasteiger partial charge in [0.2, 0.25) is 0 Å². The van der Waals surface area contributed by atoms with E-state index in [9.17, 15) is 4.79 Å². The van der Waals surface area contributed by atoms with Crippen LogP contribution in [0.2, 0.25) is 0 Å². The summed E-state index contributed by atoms with van der Waals surface area (Å²) >= 11 is 1.58. The molecule has 0 saturated carbocycles. The first-order chi connectivity index (χ1) is 9.81. The Morgan fingerprint density at radius 3 is 2.85 bits per heavy atom. The summed E-state index contributed by atoms with van der Waals surface area (Å²) in [4.78, 5) is 12.8. The maximum absolute atomic E-state index is 11.8. The largest absolute Gasteiger partial charge is 0.486 e. The molecule has 0 spiro atoms. The zero-order valence-corrected chi connectivity index (χ0v) is 11.7. The first-order valence-corrected chi connectivity index (χ1v) is 7.26. The number of thiophene rings is 1. The Morgan fingerprint density at radius 2 is 2.05 bits per heavy atom. The van der Waals surface area contributed by atoms with Crippen molar-refractivity contribution in [3.05, 3.63) is 46.2 Å². The number of carbonyl (C=O) groups excluding carboxylic acids is 1. The Morgan fingerprint density at radius 1 is 1.20 bits per heavy atom. The number of rotatable bonds is 4. The average molecular weight is 290 g/mol. The zero-order chi connectivity index (χ0) is 13.8. The Labute approximate surface area is 120 Å². The molecule has 2 heterocycles. The van der Waals surface area contributed by atoms with Crippen molar-refractivity contribution in [3.63, 3.8) is 0 Å². The molecule has 2 aromatic rings. The van der Waals surface area contributed by atoms with Gasteiger partial charge in [0, 0.05) is 4.88 Å². The molecule has 1 aromatic heterocycles. The van der Waals surface area contributed by atoms with E-state index in [-0.39, 0.29) is 12.4 Å². The van der Waals surface area contributed by atoms with Gasteiger partial charge in [-0.05, 0) is 29.1 Å². The number of benzene rings is 1. The lowest BCUT2D eigenvalue weighted by Gasteiger charge is -2.18. The van der Waals surface area contributed by atoms with E-state index in [1.54, 1.807) is 11.3 Å². The highest BCUT2D eigenvalue weighted by Crippen LogP contribution is 2.30. The van der Waals surface area contributed by atoms with Crippen molar-refractivity contribution in [1.82, 2.24) is 0 Å². The van der Waals surface area contributed by atoms with Crippen molar-refractivity contribution < 1.29 is 19.0 Å². The molecule has 0 atom stereocenters. The Bertz CT molecular complexity index is 592. The fourth-order valence-electron chi connectivity index (χ4n) is 1.96. The van der Waals surface area contributed by atoms with Gasteiger partial charge >= 0.3 is 5.97 Å². The van der Waals surface area contributed by atoms with Crippen molar-refractivity contribution >= 4 is 17.3 Å². The molecular formula is C15H14O4S. The fourth-order valence-corrected chi connectivity index (χ4v) is 2.58. The van der Waals surface area contributed by atoms with Crippen LogP contribution in [0, 0.1) is 0 Å². The molecule has 0 N–H and O–H groups in total. The number of ether oxygens (including phenoxy) is 3. The molecule has 1 aromatic carbocycles. The van der Waals surface area contributed by atoms with E-state index in [1.165, 1.54) is 0 Å². The number of hydrogen-bond donors (Lipinski definition) is 0. The summed E-state index contributed by atoms with van der Waals surface area (Å²) < 4.78 is 16.2. The summed E-state index contributed by atoms with van der Waals surface area (Å²) in [5.41, 5.74) is 0.866. The summed E-state index contributed by atoms with van der Waals surface area (Å²) in [7, 11) is 0. The number of fused-ring (bicyclic) bond motifs is 1. The van der Waals surface area contributed by atoms with Crippen molar-refractivity contribution in [3.8, 4) is 11.5 Å². The van der Waals surface area contributed by atoms with Crippen LogP contribution >= 0.6 is 11.3 Å². The molecule has 104 valence electrons. The van der Waals surface area contributed by atoms with Crippen LogP contribution < -0.4 is 9.47 Å². The number of carbonyl (C=O) groups is 1. The molecule has 0 radical (unpaired) electrons. The fraction of sp³-hybridized carbons (Fsp3) is 0.267. The van der Waals surface area contributed by atoms with Gasteiger partial charge in [-0.2, -0.15) is 0 Å². The normalized spacial score (nSPS) is 13.0. The van der Waals surface area contributed by atoms with E-state index in [2.05, 4.69) is 0 Å². The SMILES string of the molecule is O=C(Cc1ccc2c(c1)OCCO2)OCc1cccs1. The smallest absolute Gasteiger partial charge is 0.310 e. The predicted molar refractivity (Wildman–Crippen MR) is 75.3 cm³/mol. The van der Waals surface area contributed by atoms with E-state index in [0.717, 1.165) is 16.2 Å². The third-order valence-electron chi connectivity index (χ3n) is 2.91. The lowest BCUT2D eigenvalue weighted by atomic mass is 10.1. The lowest BCUT2D eigenvalue weighted by Crippen LogP contribution is -2.15. The van der Waals surface area contributed by atoms with Crippen molar-refractivity contribution in [1.29, 1.82) is 0 Å². The number of esters is 1. The highest BCUT2D eigenvalue weighted by atomic mass is 32.1. The Kier molecular flexibility index (Phi) is 3.87. The van der Waals surface area contributed by atoms with Gasteiger partial charge in [-0.3, -0.25) is 4.79 Å². The zero-order valence-electron chi connectivity index (χ0n) is 10.8. The van der Waals surface area contributed by atoms with E-state index >= 15 is 0 Å². The molecule has 5 heteroatoms. The molecule has 0 saturated heterocycles. The average Bonchev–Trinajstić information content (AvgIpc) is 2.98. The summed E-state index contributed by atoms with van der Waals surface area (Å²) in [5, 5.41) is 1.96.